The van der Waals surface area contributed by atoms with Crippen molar-refractivity contribution in [3.05, 3.63) is 28.3 Å². The number of nitro groups is 1. The number of sulfonamides is 1. The van der Waals surface area contributed by atoms with Crippen molar-refractivity contribution in [3.8, 4) is 11.8 Å². The van der Waals surface area contributed by atoms with Crippen LogP contribution < -0.4 is 4.74 Å². The summed E-state index contributed by atoms with van der Waals surface area (Å²) in [5, 5.41) is 19.6. The fourth-order valence-electron chi connectivity index (χ4n) is 2.13. The topological polar surface area (TPSA) is 114 Å². The van der Waals surface area contributed by atoms with E-state index in [0.29, 0.717) is 0 Å². The molecule has 0 atom stereocenters. The average molecular weight is 325 g/mol. The summed E-state index contributed by atoms with van der Waals surface area (Å²) in [5.74, 6) is 0.0493. The third-order valence-electron chi connectivity index (χ3n) is 3.34. The van der Waals surface area contributed by atoms with Gasteiger partial charge in [0.1, 0.15) is 10.6 Å². The number of nitrogens with zero attached hydrogens (tertiary/aromatic N) is 3. The van der Waals surface area contributed by atoms with E-state index >= 15 is 0 Å². The Hall–Kier alpha value is -2.18. The van der Waals surface area contributed by atoms with Gasteiger partial charge >= 0.3 is 0 Å². The molecule has 0 radical (unpaired) electrons. The number of ether oxygens (including phenoxy) is 1. The first-order chi connectivity index (χ1) is 10.4. The highest BCUT2D eigenvalue weighted by molar-refractivity contribution is 7.89. The Balaban J connectivity index is 2.48. The van der Waals surface area contributed by atoms with E-state index in [0.717, 1.165) is 18.9 Å². The molecule has 118 valence electrons. The second-order valence-corrected chi connectivity index (χ2v) is 6.71. The summed E-state index contributed by atoms with van der Waals surface area (Å²) in [6.07, 6.45) is 1.51. The van der Waals surface area contributed by atoms with Crippen LogP contribution in [0.3, 0.4) is 0 Å². The number of benzene rings is 1. The molecule has 1 aromatic rings. The van der Waals surface area contributed by atoms with Gasteiger partial charge in [-0.05, 0) is 18.9 Å². The van der Waals surface area contributed by atoms with Crippen LogP contribution in [0.15, 0.2) is 23.1 Å². The first-order valence-electron chi connectivity index (χ1n) is 6.63. The zero-order chi connectivity index (χ0) is 16.3. The molecule has 8 nitrogen and oxygen atoms in total. The standard InChI is InChI=1S/C13H15N3O5S/c1-21-12-6-5-11(16(17)18)9-13(12)22(19,20)15(8-2-7-14)10-3-4-10/h5-6,9-10H,2-4,8H2,1H3. The smallest absolute Gasteiger partial charge is 0.271 e. The Morgan fingerprint density at radius 1 is 1.50 bits per heavy atom. The number of hydrogen-bond donors (Lipinski definition) is 0. The van der Waals surface area contributed by atoms with Gasteiger partial charge in [0.25, 0.3) is 5.69 Å². The van der Waals surface area contributed by atoms with E-state index in [9.17, 15) is 18.5 Å². The second-order valence-electron chi connectivity index (χ2n) is 4.85. The highest BCUT2D eigenvalue weighted by Crippen LogP contribution is 2.36. The van der Waals surface area contributed by atoms with Crippen molar-refractivity contribution in [3.63, 3.8) is 0 Å². The quantitative estimate of drug-likeness (QED) is 0.556. The largest absolute Gasteiger partial charge is 0.495 e. The molecule has 0 bridgehead atoms. The Morgan fingerprint density at radius 2 is 2.18 bits per heavy atom. The summed E-state index contributed by atoms with van der Waals surface area (Å²) in [6, 6.07) is 5.22. The van der Waals surface area contributed by atoms with Gasteiger partial charge in [0, 0.05) is 31.1 Å². The van der Waals surface area contributed by atoms with Crippen LogP contribution >= 0.6 is 0 Å². The van der Waals surface area contributed by atoms with Gasteiger partial charge in [-0.25, -0.2) is 8.42 Å². The summed E-state index contributed by atoms with van der Waals surface area (Å²) in [7, 11) is -2.65. The molecule has 1 saturated carbocycles. The van der Waals surface area contributed by atoms with E-state index in [-0.39, 0.29) is 35.3 Å². The number of nitro benzene ring substituents is 1. The van der Waals surface area contributed by atoms with E-state index in [1.807, 2.05) is 6.07 Å². The minimum absolute atomic E-state index is 0.0493. The van der Waals surface area contributed by atoms with Crippen LogP contribution in [0.2, 0.25) is 0 Å². The molecule has 22 heavy (non-hydrogen) atoms. The molecule has 1 aromatic carbocycles. The maximum Gasteiger partial charge on any atom is 0.271 e. The van der Waals surface area contributed by atoms with Crippen LogP contribution in [0.4, 0.5) is 5.69 Å². The number of nitriles is 1. The van der Waals surface area contributed by atoms with Crippen LogP contribution in [-0.2, 0) is 10.0 Å². The fourth-order valence-corrected chi connectivity index (χ4v) is 3.99. The van der Waals surface area contributed by atoms with E-state index in [1.54, 1.807) is 0 Å². The van der Waals surface area contributed by atoms with Crippen molar-refractivity contribution < 1.29 is 18.1 Å². The zero-order valence-electron chi connectivity index (χ0n) is 11.9. The van der Waals surface area contributed by atoms with Crippen molar-refractivity contribution >= 4 is 15.7 Å². The van der Waals surface area contributed by atoms with E-state index in [2.05, 4.69) is 0 Å². The first kappa shape index (κ1) is 16.2. The molecule has 0 spiro atoms. The minimum atomic E-state index is -3.96. The SMILES string of the molecule is COc1ccc([N+](=O)[O-])cc1S(=O)(=O)N(CCC#N)C1CC1. The van der Waals surface area contributed by atoms with E-state index in [1.165, 1.54) is 23.5 Å². The third kappa shape index (κ3) is 3.18. The Bertz CT molecular complexity index is 722. The van der Waals surface area contributed by atoms with Gasteiger partial charge in [0.05, 0.1) is 18.1 Å². The molecule has 1 aliphatic rings. The van der Waals surface area contributed by atoms with Crippen molar-refractivity contribution in [2.24, 2.45) is 0 Å². The number of non-ortho nitro benzene ring substituents is 1. The van der Waals surface area contributed by atoms with Gasteiger partial charge in [0.2, 0.25) is 10.0 Å². The lowest BCUT2D eigenvalue weighted by Crippen LogP contribution is -2.34. The lowest BCUT2D eigenvalue weighted by atomic mass is 10.3. The predicted octanol–water partition coefficient (Wildman–Crippen LogP) is 1.67. The minimum Gasteiger partial charge on any atom is -0.495 e. The molecule has 0 N–H and O–H groups in total. The first-order valence-corrected chi connectivity index (χ1v) is 8.07. The highest BCUT2D eigenvalue weighted by atomic mass is 32.2. The van der Waals surface area contributed by atoms with Crippen LogP contribution in [0.1, 0.15) is 19.3 Å². The van der Waals surface area contributed by atoms with Crippen molar-refractivity contribution in [2.75, 3.05) is 13.7 Å². The van der Waals surface area contributed by atoms with Gasteiger partial charge in [0.15, 0.2) is 0 Å². The molecule has 1 fully saturated rings. The lowest BCUT2D eigenvalue weighted by molar-refractivity contribution is -0.385. The van der Waals surface area contributed by atoms with Gasteiger partial charge in [-0.3, -0.25) is 10.1 Å². The molecule has 1 aliphatic carbocycles. The maximum absolute atomic E-state index is 12.8. The number of methoxy groups -OCH3 is 1. The monoisotopic (exact) mass is 325 g/mol. The van der Waals surface area contributed by atoms with Gasteiger partial charge in [-0.2, -0.15) is 9.57 Å². The zero-order valence-corrected chi connectivity index (χ0v) is 12.7. The number of hydrogen-bond acceptors (Lipinski definition) is 6. The lowest BCUT2D eigenvalue weighted by Gasteiger charge is -2.21. The van der Waals surface area contributed by atoms with E-state index in [4.69, 9.17) is 10.00 Å². The normalized spacial score (nSPS) is 14.6. The van der Waals surface area contributed by atoms with Gasteiger partial charge in [-0.1, -0.05) is 0 Å². The molecule has 0 saturated heterocycles. The van der Waals surface area contributed by atoms with Crippen molar-refractivity contribution in [1.29, 1.82) is 5.26 Å². The molecular weight excluding hydrogens is 310 g/mol. The summed E-state index contributed by atoms with van der Waals surface area (Å²) in [4.78, 5) is 9.98. The fraction of sp³-hybridized carbons (Fsp3) is 0.462. The Kier molecular flexibility index (Phi) is 4.63. The predicted molar refractivity (Wildman–Crippen MR) is 76.8 cm³/mol. The molecule has 2 rings (SSSR count). The van der Waals surface area contributed by atoms with Crippen LogP contribution in [-0.4, -0.2) is 37.3 Å². The van der Waals surface area contributed by atoms with E-state index < -0.39 is 14.9 Å². The Labute approximate surface area is 128 Å². The molecule has 0 heterocycles. The van der Waals surface area contributed by atoms with Crippen molar-refractivity contribution in [2.45, 2.75) is 30.2 Å². The third-order valence-corrected chi connectivity index (χ3v) is 5.32. The maximum atomic E-state index is 12.8. The average Bonchev–Trinajstić information content (AvgIpc) is 3.31. The summed E-state index contributed by atoms with van der Waals surface area (Å²) in [5.41, 5.74) is -0.324. The van der Waals surface area contributed by atoms with Crippen LogP contribution in [0, 0.1) is 21.4 Å². The Morgan fingerprint density at radius 3 is 2.68 bits per heavy atom. The summed E-state index contributed by atoms with van der Waals surface area (Å²) in [6.45, 7) is 0.0648. The summed E-state index contributed by atoms with van der Waals surface area (Å²) < 4.78 is 31.8. The second kappa shape index (κ2) is 6.29. The molecule has 0 unspecified atom stereocenters. The van der Waals surface area contributed by atoms with Crippen LogP contribution in [0.5, 0.6) is 5.75 Å². The van der Waals surface area contributed by atoms with Gasteiger partial charge < -0.3 is 4.74 Å². The molecule has 0 aliphatic heterocycles. The van der Waals surface area contributed by atoms with Crippen molar-refractivity contribution in [1.82, 2.24) is 4.31 Å². The summed E-state index contributed by atoms with van der Waals surface area (Å²) >= 11 is 0. The van der Waals surface area contributed by atoms with Gasteiger partial charge in [-0.15, -0.1) is 0 Å². The number of rotatable bonds is 7. The highest BCUT2D eigenvalue weighted by Gasteiger charge is 2.39. The van der Waals surface area contributed by atoms with Crippen LogP contribution in [0.25, 0.3) is 0 Å². The molecule has 0 amide bonds. The molecular formula is C13H15N3O5S. The molecule has 0 aromatic heterocycles. The molecule has 9 heteroatoms.